The van der Waals surface area contributed by atoms with Gasteiger partial charge in [0.1, 0.15) is 0 Å². The van der Waals surface area contributed by atoms with Gasteiger partial charge in [0.05, 0.1) is 6.04 Å². The molecule has 4 nitrogen and oxygen atoms in total. The van der Waals surface area contributed by atoms with Crippen molar-refractivity contribution in [2.24, 2.45) is 5.92 Å². The molecule has 3 rings (SSSR count). The summed E-state index contributed by atoms with van der Waals surface area (Å²) < 4.78 is 0. The Morgan fingerprint density at radius 2 is 2.00 bits per heavy atom. The number of allylic oxidation sites excluding steroid dienone is 2. The van der Waals surface area contributed by atoms with E-state index in [1.165, 1.54) is 32.1 Å². The molecule has 31 heavy (non-hydrogen) atoms. The first kappa shape index (κ1) is 23.4. The normalized spacial score (nSPS) is 19.9. The second-order valence-electron chi connectivity index (χ2n) is 8.99. The van der Waals surface area contributed by atoms with Crippen molar-refractivity contribution in [3.63, 3.8) is 0 Å². The van der Waals surface area contributed by atoms with Crippen molar-refractivity contribution >= 4 is 17.8 Å². The van der Waals surface area contributed by atoms with Gasteiger partial charge in [0.15, 0.2) is 0 Å². The van der Waals surface area contributed by atoms with Gasteiger partial charge in [-0.1, -0.05) is 62.3 Å². The third-order valence-electron chi connectivity index (χ3n) is 6.77. The van der Waals surface area contributed by atoms with E-state index < -0.39 is 0 Å². The van der Waals surface area contributed by atoms with E-state index in [4.69, 9.17) is 0 Å². The standard InChI is InChI=1S/C27H39N3O/c1-4-6-13-23-14-10-15-26(25(23)5-2)21(3)29-27(31)30(24-16-18-28-19-17-24)20-22-11-8-7-9-12-22/h4,6,10,13-15,21-22,24,28H,2,7-9,11-12,16-20H2,1,3H3,(H,29,31). The van der Waals surface area contributed by atoms with Crippen LogP contribution in [-0.2, 0) is 0 Å². The zero-order chi connectivity index (χ0) is 22.1. The lowest BCUT2D eigenvalue weighted by atomic mass is 9.88. The van der Waals surface area contributed by atoms with Gasteiger partial charge in [0.25, 0.3) is 0 Å². The van der Waals surface area contributed by atoms with Crippen molar-refractivity contribution in [1.29, 1.82) is 0 Å². The van der Waals surface area contributed by atoms with Crippen molar-refractivity contribution in [2.75, 3.05) is 19.6 Å². The molecule has 2 aliphatic rings. The van der Waals surface area contributed by atoms with E-state index in [1.807, 2.05) is 25.1 Å². The molecule has 0 spiro atoms. The van der Waals surface area contributed by atoms with E-state index in [2.05, 4.69) is 53.0 Å². The number of carbonyl (C=O) groups excluding carboxylic acids is 1. The minimum Gasteiger partial charge on any atom is -0.331 e. The second kappa shape index (κ2) is 11.9. The first-order chi connectivity index (χ1) is 15.1. The molecule has 1 unspecified atom stereocenters. The van der Waals surface area contributed by atoms with Crippen molar-refractivity contribution < 1.29 is 4.79 Å². The van der Waals surface area contributed by atoms with Gasteiger partial charge >= 0.3 is 6.03 Å². The van der Waals surface area contributed by atoms with E-state index in [0.29, 0.717) is 12.0 Å². The van der Waals surface area contributed by atoms with Crippen molar-refractivity contribution in [3.05, 3.63) is 52.9 Å². The van der Waals surface area contributed by atoms with Crippen LogP contribution in [0.1, 0.15) is 70.4 Å². The Morgan fingerprint density at radius 3 is 2.68 bits per heavy atom. The zero-order valence-corrected chi connectivity index (χ0v) is 19.3. The lowest BCUT2D eigenvalue weighted by molar-refractivity contribution is 0.134. The highest BCUT2D eigenvalue weighted by Gasteiger charge is 2.29. The number of benzene rings is 1. The van der Waals surface area contributed by atoms with Gasteiger partial charge in [-0.25, -0.2) is 4.79 Å². The number of rotatable bonds is 6. The SMILES string of the molecule is C=C=c1c(C(C)NC(=O)N(CC2CCCCC2)C2CCNCC2)cccc1=CC=CC. The van der Waals surface area contributed by atoms with Crippen LogP contribution in [0.2, 0.25) is 0 Å². The van der Waals surface area contributed by atoms with Gasteiger partial charge in [-0.05, 0) is 69.3 Å². The van der Waals surface area contributed by atoms with Crippen LogP contribution in [0, 0.1) is 5.92 Å². The van der Waals surface area contributed by atoms with Crippen LogP contribution in [0.4, 0.5) is 4.79 Å². The molecule has 1 aromatic carbocycles. The first-order valence-electron chi connectivity index (χ1n) is 12.0. The fourth-order valence-corrected chi connectivity index (χ4v) is 5.00. The van der Waals surface area contributed by atoms with Gasteiger partial charge in [0, 0.05) is 17.8 Å². The highest BCUT2D eigenvalue weighted by molar-refractivity contribution is 5.75. The number of carbonyl (C=O) groups is 1. The van der Waals surface area contributed by atoms with Gasteiger partial charge < -0.3 is 15.5 Å². The average Bonchev–Trinajstić information content (AvgIpc) is 2.81. The largest absolute Gasteiger partial charge is 0.331 e. The fourth-order valence-electron chi connectivity index (χ4n) is 5.00. The Kier molecular flexibility index (Phi) is 8.99. The van der Waals surface area contributed by atoms with Gasteiger partial charge in [-0.2, -0.15) is 0 Å². The maximum absolute atomic E-state index is 13.5. The molecular weight excluding hydrogens is 382 g/mol. The molecule has 168 valence electrons. The predicted molar refractivity (Wildman–Crippen MR) is 130 cm³/mol. The quantitative estimate of drug-likeness (QED) is 0.729. The molecular formula is C27H39N3O. The smallest absolute Gasteiger partial charge is 0.318 e. The number of nitrogens with zero attached hydrogens (tertiary/aromatic N) is 1. The number of hydrogen-bond donors (Lipinski definition) is 2. The molecule has 0 bridgehead atoms. The first-order valence-corrected chi connectivity index (χ1v) is 12.0. The Morgan fingerprint density at radius 1 is 1.26 bits per heavy atom. The third kappa shape index (κ3) is 6.35. The topological polar surface area (TPSA) is 44.4 Å². The van der Waals surface area contributed by atoms with Crippen LogP contribution in [-0.4, -0.2) is 36.6 Å². The number of nitrogens with one attached hydrogen (secondary N) is 2. The van der Waals surface area contributed by atoms with Gasteiger partial charge in [-0.3, -0.25) is 0 Å². The molecule has 2 N–H and O–H groups in total. The lowest BCUT2D eigenvalue weighted by Gasteiger charge is -2.38. The molecule has 1 atom stereocenters. The summed E-state index contributed by atoms with van der Waals surface area (Å²) in [6, 6.07) is 6.47. The molecule has 1 saturated heterocycles. The minimum absolute atomic E-state index is 0.0721. The molecule has 0 radical (unpaired) electrons. The number of urea groups is 1. The van der Waals surface area contributed by atoms with Gasteiger partial charge in [0.2, 0.25) is 0 Å². The second-order valence-corrected chi connectivity index (χ2v) is 8.99. The van der Waals surface area contributed by atoms with Crippen LogP contribution >= 0.6 is 0 Å². The molecule has 1 heterocycles. The Balaban J connectivity index is 1.79. The van der Waals surface area contributed by atoms with Crippen molar-refractivity contribution in [1.82, 2.24) is 15.5 Å². The van der Waals surface area contributed by atoms with E-state index in [-0.39, 0.29) is 12.1 Å². The van der Waals surface area contributed by atoms with E-state index >= 15 is 0 Å². The Labute approximate surface area is 187 Å². The number of piperidine rings is 1. The van der Waals surface area contributed by atoms with Crippen LogP contribution < -0.4 is 21.1 Å². The molecule has 1 aliphatic carbocycles. The van der Waals surface area contributed by atoms with E-state index in [0.717, 1.165) is 48.5 Å². The maximum Gasteiger partial charge on any atom is 0.318 e. The minimum atomic E-state index is -0.105. The summed E-state index contributed by atoms with van der Waals surface area (Å²) in [6.45, 7) is 10.8. The highest BCUT2D eigenvalue weighted by atomic mass is 16.2. The summed E-state index contributed by atoms with van der Waals surface area (Å²) in [4.78, 5) is 15.6. The summed E-state index contributed by atoms with van der Waals surface area (Å²) >= 11 is 0. The summed E-state index contributed by atoms with van der Waals surface area (Å²) in [6.07, 6.45) is 14.6. The third-order valence-corrected chi connectivity index (χ3v) is 6.77. The summed E-state index contributed by atoms with van der Waals surface area (Å²) in [7, 11) is 0. The molecule has 1 saturated carbocycles. The number of hydrogen-bond acceptors (Lipinski definition) is 2. The zero-order valence-electron chi connectivity index (χ0n) is 19.3. The van der Waals surface area contributed by atoms with E-state index in [9.17, 15) is 4.79 Å². The van der Waals surface area contributed by atoms with Crippen molar-refractivity contribution in [3.8, 4) is 0 Å². The molecule has 4 heteroatoms. The predicted octanol–water partition coefficient (Wildman–Crippen LogP) is 4.01. The summed E-state index contributed by atoms with van der Waals surface area (Å²) in [5.74, 6) is 0.639. The van der Waals surface area contributed by atoms with Crippen molar-refractivity contribution in [2.45, 2.75) is 70.9 Å². The van der Waals surface area contributed by atoms with Crippen LogP contribution in [0.3, 0.4) is 0 Å². The molecule has 2 amide bonds. The maximum atomic E-state index is 13.5. The van der Waals surface area contributed by atoms with Gasteiger partial charge in [-0.15, -0.1) is 5.73 Å². The molecule has 1 aromatic rings. The Hall–Kier alpha value is -2.29. The fraction of sp³-hybridized carbons (Fsp3) is 0.556. The van der Waals surface area contributed by atoms with Crippen LogP contribution in [0.15, 0.2) is 36.9 Å². The molecule has 1 aliphatic heterocycles. The number of amides is 2. The van der Waals surface area contributed by atoms with E-state index in [1.54, 1.807) is 0 Å². The van der Waals surface area contributed by atoms with Crippen LogP contribution in [0.5, 0.6) is 0 Å². The summed E-state index contributed by atoms with van der Waals surface area (Å²) in [5, 5.41) is 8.78. The Bertz CT molecular complexity index is 888. The molecule has 2 fully saturated rings. The van der Waals surface area contributed by atoms with Crippen LogP contribution in [0.25, 0.3) is 11.8 Å². The average molecular weight is 422 g/mol. The monoisotopic (exact) mass is 421 g/mol. The lowest BCUT2D eigenvalue weighted by Crippen LogP contribution is -2.52. The summed E-state index contributed by atoms with van der Waals surface area (Å²) in [5.41, 5.74) is 4.16. The highest BCUT2D eigenvalue weighted by Crippen LogP contribution is 2.26. The molecule has 0 aromatic heterocycles.